The van der Waals surface area contributed by atoms with Gasteiger partial charge in [0, 0.05) is 18.2 Å². The SMILES string of the molecule is Nc1cccc(Cc2nc(C3CCOC3)no2)c1. The molecule has 2 heterocycles. The minimum Gasteiger partial charge on any atom is -0.399 e. The summed E-state index contributed by atoms with van der Waals surface area (Å²) in [6, 6.07) is 7.70. The Bertz CT molecular complexity index is 533. The average Bonchev–Trinajstić information content (AvgIpc) is 2.98. The van der Waals surface area contributed by atoms with E-state index in [1.165, 1.54) is 0 Å². The van der Waals surface area contributed by atoms with Crippen molar-refractivity contribution in [3.8, 4) is 0 Å². The van der Waals surface area contributed by atoms with Crippen LogP contribution in [0.15, 0.2) is 28.8 Å². The Morgan fingerprint density at radius 3 is 3.11 bits per heavy atom. The molecule has 1 atom stereocenters. The molecule has 1 aliphatic rings. The van der Waals surface area contributed by atoms with Crippen molar-refractivity contribution in [2.45, 2.75) is 18.8 Å². The zero-order valence-corrected chi connectivity index (χ0v) is 10.0. The molecule has 18 heavy (non-hydrogen) atoms. The van der Waals surface area contributed by atoms with Gasteiger partial charge in [0.05, 0.1) is 13.0 Å². The van der Waals surface area contributed by atoms with Crippen LogP contribution in [-0.4, -0.2) is 23.4 Å². The maximum absolute atomic E-state index is 5.73. The number of aromatic nitrogens is 2. The topological polar surface area (TPSA) is 74.2 Å². The molecule has 5 heteroatoms. The first-order chi connectivity index (χ1) is 8.81. The van der Waals surface area contributed by atoms with E-state index in [1.807, 2.05) is 24.3 Å². The van der Waals surface area contributed by atoms with Crippen LogP contribution in [0.3, 0.4) is 0 Å². The van der Waals surface area contributed by atoms with E-state index in [2.05, 4.69) is 10.1 Å². The van der Waals surface area contributed by atoms with Crippen LogP contribution in [0.25, 0.3) is 0 Å². The molecule has 0 spiro atoms. The molecule has 0 bridgehead atoms. The van der Waals surface area contributed by atoms with E-state index >= 15 is 0 Å². The third-order valence-corrected chi connectivity index (χ3v) is 3.09. The molecular weight excluding hydrogens is 230 g/mol. The van der Waals surface area contributed by atoms with Gasteiger partial charge in [-0.05, 0) is 24.1 Å². The van der Waals surface area contributed by atoms with E-state index in [-0.39, 0.29) is 5.92 Å². The molecule has 5 nitrogen and oxygen atoms in total. The number of anilines is 1. The van der Waals surface area contributed by atoms with E-state index in [9.17, 15) is 0 Å². The third-order valence-electron chi connectivity index (χ3n) is 3.09. The van der Waals surface area contributed by atoms with Gasteiger partial charge in [0.2, 0.25) is 5.89 Å². The molecule has 0 amide bonds. The summed E-state index contributed by atoms with van der Waals surface area (Å²) < 4.78 is 10.6. The lowest BCUT2D eigenvalue weighted by Crippen LogP contribution is -2.00. The summed E-state index contributed by atoms with van der Waals surface area (Å²) in [7, 11) is 0. The molecule has 1 fully saturated rings. The Labute approximate surface area is 105 Å². The van der Waals surface area contributed by atoms with Crippen molar-refractivity contribution in [2.75, 3.05) is 18.9 Å². The van der Waals surface area contributed by atoms with E-state index in [1.54, 1.807) is 0 Å². The van der Waals surface area contributed by atoms with Crippen LogP contribution in [-0.2, 0) is 11.2 Å². The lowest BCUT2D eigenvalue weighted by atomic mass is 10.1. The smallest absolute Gasteiger partial charge is 0.231 e. The molecule has 0 aliphatic carbocycles. The number of hydrogen-bond donors (Lipinski definition) is 1. The van der Waals surface area contributed by atoms with E-state index in [0.717, 1.165) is 30.1 Å². The molecule has 0 radical (unpaired) electrons. The Hall–Kier alpha value is -1.88. The summed E-state index contributed by atoms with van der Waals surface area (Å²) in [5.74, 6) is 1.66. The van der Waals surface area contributed by atoms with E-state index in [0.29, 0.717) is 18.9 Å². The summed E-state index contributed by atoms with van der Waals surface area (Å²) in [6.07, 6.45) is 1.59. The van der Waals surface area contributed by atoms with Crippen LogP contribution in [0.1, 0.15) is 29.6 Å². The quantitative estimate of drug-likeness (QED) is 0.834. The minimum absolute atomic E-state index is 0.281. The molecule has 0 saturated carbocycles. The highest BCUT2D eigenvalue weighted by atomic mass is 16.5. The van der Waals surface area contributed by atoms with Gasteiger partial charge in [-0.3, -0.25) is 0 Å². The van der Waals surface area contributed by atoms with Gasteiger partial charge in [-0.25, -0.2) is 0 Å². The zero-order chi connectivity index (χ0) is 12.4. The number of nitrogen functional groups attached to an aromatic ring is 1. The molecule has 2 N–H and O–H groups in total. The van der Waals surface area contributed by atoms with Crippen LogP contribution in [0.2, 0.25) is 0 Å². The zero-order valence-electron chi connectivity index (χ0n) is 10.0. The van der Waals surface area contributed by atoms with Crippen molar-refractivity contribution in [1.29, 1.82) is 0 Å². The summed E-state index contributed by atoms with van der Waals surface area (Å²) in [6.45, 7) is 1.47. The van der Waals surface area contributed by atoms with Crippen molar-refractivity contribution in [3.63, 3.8) is 0 Å². The Morgan fingerprint density at radius 2 is 2.33 bits per heavy atom. The molecule has 1 aliphatic heterocycles. The summed E-state index contributed by atoms with van der Waals surface area (Å²) in [4.78, 5) is 4.42. The maximum Gasteiger partial charge on any atom is 0.231 e. The van der Waals surface area contributed by atoms with Gasteiger partial charge in [-0.2, -0.15) is 4.98 Å². The fourth-order valence-electron chi connectivity index (χ4n) is 2.12. The summed E-state index contributed by atoms with van der Waals surface area (Å²) >= 11 is 0. The lowest BCUT2D eigenvalue weighted by Gasteiger charge is -1.99. The molecule has 1 aromatic heterocycles. The first-order valence-electron chi connectivity index (χ1n) is 6.06. The molecule has 3 rings (SSSR count). The standard InChI is InChI=1S/C13H15N3O2/c14-11-3-1-2-9(6-11)7-12-15-13(16-18-12)10-4-5-17-8-10/h1-3,6,10H,4-5,7-8,14H2. The normalized spacial score (nSPS) is 19.2. The van der Waals surface area contributed by atoms with E-state index in [4.69, 9.17) is 15.0 Å². The largest absolute Gasteiger partial charge is 0.399 e. The number of nitrogens with zero attached hydrogens (tertiary/aromatic N) is 2. The van der Waals surface area contributed by atoms with Crippen molar-refractivity contribution >= 4 is 5.69 Å². The first-order valence-corrected chi connectivity index (χ1v) is 6.06. The summed E-state index contributed by atoms with van der Waals surface area (Å²) in [5, 5.41) is 4.02. The highest BCUT2D eigenvalue weighted by Gasteiger charge is 2.23. The predicted octanol–water partition coefficient (Wildman–Crippen LogP) is 1.75. The lowest BCUT2D eigenvalue weighted by molar-refractivity contribution is 0.192. The van der Waals surface area contributed by atoms with Crippen LogP contribution in [0.5, 0.6) is 0 Å². The van der Waals surface area contributed by atoms with Crippen molar-refractivity contribution in [3.05, 3.63) is 41.5 Å². The van der Waals surface area contributed by atoms with Crippen LogP contribution in [0, 0.1) is 0 Å². The molecular formula is C13H15N3O2. The fourth-order valence-corrected chi connectivity index (χ4v) is 2.12. The first kappa shape index (κ1) is 11.2. The number of ether oxygens (including phenoxy) is 1. The number of hydrogen-bond acceptors (Lipinski definition) is 5. The maximum atomic E-state index is 5.73. The molecule has 2 aromatic rings. The van der Waals surface area contributed by atoms with Crippen LogP contribution < -0.4 is 5.73 Å². The second-order valence-electron chi connectivity index (χ2n) is 4.53. The van der Waals surface area contributed by atoms with Gasteiger partial charge in [0.1, 0.15) is 0 Å². The van der Waals surface area contributed by atoms with Gasteiger partial charge in [0.25, 0.3) is 0 Å². The molecule has 1 saturated heterocycles. The second kappa shape index (κ2) is 4.78. The third kappa shape index (κ3) is 2.36. The highest BCUT2D eigenvalue weighted by molar-refractivity contribution is 5.41. The van der Waals surface area contributed by atoms with Crippen LogP contribution in [0.4, 0.5) is 5.69 Å². The van der Waals surface area contributed by atoms with E-state index < -0.39 is 0 Å². The molecule has 94 valence electrons. The van der Waals surface area contributed by atoms with Gasteiger partial charge >= 0.3 is 0 Å². The summed E-state index contributed by atoms with van der Waals surface area (Å²) in [5.41, 5.74) is 7.56. The number of nitrogens with two attached hydrogens (primary N) is 1. The Morgan fingerprint density at radius 1 is 1.39 bits per heavy atom. The molecule has 1 aromatic carbocycles. The van der Waals surface area contributed by atoms with Crippen LogP contribution >= 0.6 is 0 Å². The van der Waals surface area contributed by atoms with Gasteiger partial charge in [-0.15, -0.1) is 0 Å². The predicted molar refractivity (Wildman–Crippen MR) is 66.1 cm³/mol. The van der Waals surface area contributed by atoms with Crippen molar-refractivity contribution < 1.29 is 9.26 Å². The van der Waals surface area contributed by atoms with Crippen molar-refractivity contribution in [2.24, 2.45) is 0 Å². The van der Waals surface area contributed by atoms with Gasteiger partial charge in [-0.1, -0.05) is 17.3 Å². The molecule has 1 unspecified atom stereocenters. The van der Waals surface area contributed by atoms with Gasteiger partial charge < -0.3 is 15.0 Å². The highest BCUT2D eigenvalue weighted by Crippen LogP contribution is 2.23. The minimum atomic E-state index is 0.281. The fraction of sp³-hybridized carbons (Fsp3) is 0.385. The Kier molecular flexibility index (Phi) is 2.98. The average molecular weight is 245 g/mol. The number of rotatable bonds is 3. The van der Waals surface area contributed by atoms with Crippen molar-refractivity contribution in [1.82, 2.24) is 10.1 Å². The van der Waals surface area contributed by atoms with Gasteiger partial charge in [0.15, 0.2) is 5.82 Å². The Balaban J connectivity index is 1.73. The number of benzene rings is 1. The monoisotopic (exact) mass is 245 g/mol. The second-order valence-corrected chi connectivity index (χ2v) is 4.53.